The van der Waals surface area contributed by atoms with Gasteiger partial charge in [0, 0.05) is 16.3 Å². The summed E-state index contributed by atoms with van der Waals surface area (Å²) in [7, 11) is -2.49. The smallest absolute Gasteiger partial charge is 0.264 e. The van der Waals surface area contributed by atoms with Crippen LogP contribution in [0.2, 0.25) is 5.02 Å². The molecule has 0 aliphatic carbocycles. The van der Waals surface area contributed by atoms with Crippen LogP contribution in [-0.2, 0) is 10.0 Å². The van der Waals surface area contributed by atoms with Crippen molar-refractivity contribution < 1.29 is 17.9 Å². The molecule has 0 atom stereocenters. The van der Waals surface area contributed by atoms with Crippen LogP contribution in [0.3, 0.4) is 0 Å². The highest BCUT2D eigenvalue weighted by Gasteiger charge is 2.18. The topological polar surface area (TPSA) is 96.5 Å². The zero-order chi connectivity index (χ0) is 22.4. The third-order valence-corrected chi connectivity index (χ3v) is 5.88. The van der Waals surface area contributed by atoms with E-state index in [4.69, 9.17) is 28.6 Å². The maximum atomic E-state index is 12.5. The van der Waals surface area contributed by atoms with Crippen LogP contribution in [0, 0.1) is 0 Å². The number of sulfonamides is 1. The Labute approximate surface area is 190 Å². The summed E-state index contributed by atoms with van der Waals surface area (Å²) in [5.41, 5.74) is 1.37. The summed E-state index contributed by atoms with van der Waals surface area (Å²) in [6.45, 7) is 0. The van der Waals surface area contributed by atoms with Crippen molar-refractivity contribution in [1.82, 2.24) is 4.72 Å². The highest BCUT2D eigenvalue weighted by molar-refractivity contribution is 7.90. The Bertz CT molecular complexity index is 1200. The van der Waals surface area contributed by atoms with E-state index in [-0.39, 0.29) is 15.6 Å². The Morgan fingerprint density at radius 3 is 2.29 bits per heavy atom. The fraction of sp³-hybridized carbons (Fsp3) is 0.0476. The van der Waals surface area contributed by atoms with Gasteiger partial charge >= 0.3 is 0 Å². The van der Waals surface area contributed by atoms with Gasteiger partial charge in [0.15, 0.2) is 5.11 Å². The van der Waals surface area contributed by atoms with Crippen molar-refractivity contribution in [2.45, 2.75) is 4.90 Å². The van der Waals surface area contributed by atoms with Crippen molar-refractivity contribution in [2.75, 3.05) is 17.7 Å². The minimum Gasteiger partial charge on any atom is -0.495 e. The molecule has 0 aliphatic rings. The summed E-state index contributed by atoms with van der Waals surface area (Å²) >= 11 is 11.3. The van der Waals surface area contributed by atoms with Crippen LogP contribution in [0.25, 0.3) is 0 Å². The molecule has 0 heterocycles. The number of thiocarbonyl (C=S) groups is 1. The first kappa shape index (κ1) is 22.5. The summed E-state index contributed by atoms with van der Waals surface area (Å²) in [5.74, 6) is -0.146. The zero-order valence-electron chi connectivity index (χ0n) is 16.3. The third-order valence-electron chi connectivity index (χ3n) is 4.10. The number of rotatable bonds is 6. The standard InChI is InChI=1S/C21H18ClN3O4S2/c1-29-19-12-7-15(22)13-18(19)24-21(30)23-16-8-10-17(11-9-16)31(27,28)25-20(26)14-5-3-2-4-6-14/h2-13H,1H3,(H,25,26)(H2,23,24,30). The molecule has 3 aromatic rings. The second-order valence-electron chi connectivity index (χ2n) is 6.25. The highest BCUT2D eigenvalue weighted by Crippen LogP contribution is 2.28. The average molecular weight is 476 g/mol. The van der Waals surface area contributed by atoms with Crippen molar-refractivity contribution in [3.8, 4) is 5.75 Å². The van der Waals surface area contributed by atoms with Crippen molar-refractivity contribution >= 4 is 56.2 Å². The van der Waals surface area contributed by atoms with Crippen LogP contribution in [0.15, 0.2) is 77.7 Å². The molecule has 0 aliphatic heterocycles. The number of methoxy groups -OCH3 is 1. The first-order valence-corrected chi connectivity index (χ1v) is 11.2. The lowest BCUT2D eigenvalue weighted by atomic mass is 10.2. The highest BCUT2D eigenvalue weighted by atomic mass is 35.5. The van der Waals surface area contributed by atoms with E-state index < -0.39 is 15.9 Å². The number of halogens is 1. The molecule has 31 heavy (non-hydrogen) atoms. The molecular formula is C21H18ClN3O4S2. The molecule has 3 rings (SSSR count). The summed E-state index contributed by atoms with van der Waals surface area (Å²) in [6, 6.07) is 19.0. The molecule has 0 fully saturated rings. The quantitative estimate of drug-likeness (QED) is 0.458. The summed E-state index contributed by atoms with van der Waals surface area (Å²) in [4.78, 5) is 12.1. The molecule has 0 saturated heterocycles. The molecule has 3 aromatic carbocycles. The fourth-order valence-corrected chi connectivity index (χ4v) is 3.98. The van der Waals surface area contributed by atoms with E-state index in [0.29, 0.717) is 22.1 Å². The largest absolute Gasteiger partial charge is 0.495 e. The Hall–Kier alpha value is -3.14. The van der Waals surface area contributed by atoms with Crippen LogP contribution >= 0.6 is 23.8 Å². The van der Waals surface area contributed by atoms with Gasteiger partial charge in [0.1, 0.15) is 5.75 Å². The Balaban J connectivity index is 1.66. The van der Waals surface area contributed by atoms with Gasteiger partial charge in [0.05, 0.1) is 17.7 Å². The van der Waals surface area contributed by atoms with E-state index in [1.165, 1.54) is 43.5 Å². The molecule has 3 N–H and O–H groups in total. The molecule has 0 saturated carbocycles. The van der Waals surface area contributed by atoms with E-state index >= 15 is 0 Å². The van der Waals surface area contributed by atoms with E-state index in [0.717, 1.165) is 0 Å². The summed E-state index contributed by atoms with van der Waals surface area (Å²) in [6.07, 6.45) is 0. The van der Waals surface area contributed by atoms with E-state index in [9.17, 15) is 13.2 Å². The van der Waals surface area contributed by atoms with Crippen molar-refractivity contribution in [3.05, 3.63) is 83.4 Å². The number of carbonyl (C=O) groups is 1. The van der Waals surface area contributed by atoms with Crippen molar-refractivity contribution in [1.29, 1.82) is 0 Å². The van der Waals surface area contributed by atoms with Crippen LogP contribution in [-0.4, -0.2) is 26.5 Å². The molecule has 0 unspecified atom stereocenters. The van der Waals surface area contributed by atoms with Gasteiger partial charge in [0.2, 0.25) is 0 Å². The monoisotopic (exact) mass is 475 g/mol. The SMILES string of the molecule is COc1ccc(Cl)cc1NC(=S)Nc1ccc(S(=O)(=O)NC(=O)c2ccccc2)cc1. The summed E-state index contributed by atoms with van der Waals surface area (Å²) < 4.78 is 32.3. The Kier molecular flexibility index (Phi) is 7.11. The average Bonchev–Trinajstić information content (AvgIpc) is 2.74. The normalized spacial score (nSPS) is 10.8. The first-order valence-electron chi connectivity index (χ1n) is 8.92. The lowest BCUT2D eigenvalue weighted by Crippen LogP contribution is -2.30. The number of ether oxygens (including phenoxy) is 1. The second kappa shape index (κ2) is 9.78. The number of amides is 1. The van der Waals surface area contributed by atoms with E-state index in [1.807, 2.05) is 4.72 Å². The van der Waals surface area contributed by atoms with Gasteiger partial charge in [-0.15, -0.1) is 0 Å². The van der Waals surface area contributed by atoms with Crippen LogP contribution in [0.5, 0.6) is 5.75 Å². The third kappa shape index (κ3) is 5.94. The van der Waals surface area contributed by atoms with Gasteiger partial charge in [-0.05, 0) is 66.8 Å². The first-order chi connectivity index (χ1) is 14.8. The van der Waals surface area contributed by atoms with Crippen LogP contribution < -0.4 is 20.1 Å². The van der Waals surface area contributed by atoms with Gasteiger partial charge in [-0.2, -0.15) is 0 Å². The van der Waals surface area contributed by atoms with Crippen molar-refractivity contribution in [3.63, 3.8) is 0 Å². The number of anilines is 2. The second-order valence-corrected chi connectivity index (χ2v) is 8.78. The van der Waals surface area contributed by atoms with Gasteiger partial charge in [-0.3, -0.25) is 4.79 Å². The van der Waals surface area contributed by atoms with Gasteiger partial charge in [-0.25, -0.2) is 13.1 Å². The molecule has 7 nitrogen and oxygen atoms in total. The van der Waals surface area contributed by atoms with E-state index in [2.05, 4.69) is 10.6 Å². The lowest BCUT2D eigenvalue weighted by molar-refractivity contribution is 0.0981. The number of benzene rings is 3. The van der Waals surface area contributed by atoms with Gasteiger partial charge < -0.3 is 15.4 Å². The number of carbonyl (C=O) groups excluding carboxylic acids is 1. The maximum Gasteiger partial charge on any atom is 0.264 e. The summed E-state index contributed by atoms with van der Waals surface area (Å²) in [5, 5.41) is 6.69. The molecule has 0 bridgehead atoms. The molecule has 0 radical (unpaired) electrons. The molecule has 0 aromatic heterocycles. The molecule has 1 amide bonds. The van der Waals surface area contributed by atoms with E-state index in [1.54, 1.807) is 36.4 Å². The van der Waals surface area contributed by atoms with Gasteiger partial charge in [0.25, 0.3) is 15.9 Å². The number of hydrogen-bond acceptors (Lipinski definition) is 5. The molecule has 160 valence electrons. The molecular weight excluding hydrogens is 458 g/mol. The van der Waals surface area contributed by atoms with Crippen LogP contribution in [0.4, 0.5) is 11.4 Å². The minimum atomic E-state index is -4.02. The predicted octanol–water partition coefficient (Wildman–Crippen LogP) is 4.28. The molecule has 0 spiro atoms. The Morgan fingerprint density at radius 1 is 0.968 bits per heavy atom. The Morgan fingerprint density at radius 2 is 1.65 bits per heavy atom. The minimum absolute atomic E-state index is 0.0577. The fourth-order valence-electron chi connectivity index (χ4n) is 2.61. The van der Waals surface area contributed by atoms with Crippen molar-refractivity contribution in [2.24, 2.45) is 0 Å². The lowest BCUT2D eigenvalue weighted by Gasteiger charge is -2.14. The zero-order valence-corrected chi connectivity index (χ0v) is 18.6. The predicted molar refractivity (Wildman–Crippen MR) is 125 cm³/mol. The van der Waals surface area contributed by atoms with Crippen LogP contribution in [0.1, 0.15) is 10.4 Å². The van der Waals surface area contributed by atoms with Gasteiger partial charge in [-0.1, -0.05) is 29.8 Å². The number of hydrogen-bond donors (Lipinski definition) is 3. The molecule has 10 heteroatoms. The maximum absolute atomic E-state index is 12.5. The number of nitrogens with one attached hydrogen (secondary N) is 3.